The number of Topliss-reactive ketones (excluding diaryl/α,β-unsaturated/α-hetero) is 1. The zero-order chi connectivity index (χ0) is 22.4. The second-order valence-electron chi connectivity index (χ2n) is 7.54. The van der Waals surface area contributed by atoms with Gasteiger partial charge in [0, 0.05) is 13.1 Å². The number of benzene rings is 3. The molecule has 8 heteroatoms. The molecule has 0 aromatic heterocycles. The van der Waals surface area contributed by atoms with Gasteiger partial charge >= 0.3 is 0 Å². The van der Waals surface area contributed by atoms with Crippen molar-refractivity contribution in [2.24, 2.45) is 0 Å². The van der Waals surface area contributed by atoms with Crippen LogP contribution >= 0.6 is 46.4 Å². The molecule has 0 saturated heterocycles. The van der Waals surface area contributed by atoms with E-state index in [1.54, 1.807) is 36.4 Å². The maximum atomic E-state index is 12.9. The van der Waals surface area contributed by atoms with Gasteiger partial charge in [-0.2, -0.15) is 0 Å². The molecule has 162 valence electrons. The van der Waals surface area contributed by atoms with E-state index in [9.17, 15) is 4.79 Å². The van der Waals surface area contributed by atoms with Gasteiger partial charge in [0.25, 0.3) is 0 Å². The number of allylic oxidation sites excluding steroid dienone is 1. The van der Waals surface area contributed by atoms with Crippen LogP contribution in [-0.2, 0) is 13.1 Å². The van der Waals surface area contributed by atoms with E-state index in [-0.39, 0.29) is 11.5 Å². The summed E-state index contributed by atoms with van der Waals surface area (Å²) in [5, 5.41) is 1.88. The summed E-state index contributed by atoms with van der Waals surface area (Å²) in [6.07, 6.45) is 1.66. The maximum absolute atomic E-state index is 12.9. The lowest BCUT2D eigenvalue weighted by molar-refractivity contribution is 0.0873. The van der Waals surface area contributed by atoms with Gasteiger partial charge in [-0.3, -0.25) is 9.69 Å². The lowest BCUT2D eigenvalue weighted by Crippen LogP contribution is -2.31. The number of carbonyl (C=O) groups is 1. The fourth-order valence-electron chi connectivity index (χ4n) is 3.76. The van der Waals surface area contributed by atoms with Crippen molar-refractivity contribution in [2.45, 2.75) is 13.1 Å². The van der Waals surface area contributed by atoms with Crippen molar-refractivity contribution in [3.63, 3.8) is 0 Å². The summed E-state index contributed by atoms with van der Waals surface area (Å²) in [6.45, 7) is 1.58. The highest BCUT2D eigenvalue weighted by Gasteiger charge is 2.33. The Hall–Kier alpha value is -2.21. The molecule has 2 heterocycles. The number of hydrogen-bond donors (Lipinski definition) is 0. The van der Waals surface area contributed by atoms with Gasteiger partial charge in [0.1, 0.15) is 18.2 Å². The van der Waals surface area contributed by atoms with E-state index in [0.29, 0.717) is 57.0 Å². The van der Waals surface area contributed by atoms with E-state index < -0.39 is 0 Å². The number of rotatable bonds is 3. The summed E-state index contributed by atoms with van der Waals surface area (Å²) in [4.78, 5) is 15.0. The molecule has 32 heavy (non-hydrogen) atoms. The molecular weight excluding hydrogens is 492 g/mol. The molecule has 0 bridgehead atoms. The van der Waals surface area contributed by atoms with E-state index >= 15 is 0 Å². The highest BCUT2D eigenvalue weighted by molar-refractivity contribution is 6.42. The van der Waals surface area contributed by atoms with Crippen LogP contribution in [0.25, 0.3) is 6.08 Å². The fourth-order valence-corrected chi connectivity index (χ4v) is 4.38. The molecule has 0 spiro atoms. The quantitative estimate of drug-likeness (QED) is 0.350. The number of carbonyl (C=O) groups excluding carboxylic acids is 1. The van der Waals surface area contributed by atoms with Crippen molar-refractivity contribution >= 4 is 58.3 Å². The van der Waals surface area contributed by atoms with Crippen LogP contribution in [0.1, 0.15) is 27.0 Å². The molecule has 2 aliphatic heterocycles. The first-order valence-electron chi connectivity index (χ1n) is 9.73. The minimum atomic E-state index is -0.185. The Morgan fingerprint density at radius 1 is 0.906 bits per heavy atom. The number of ketones is 1. The molecule has 0 aliphatic carbocycles. The third-order valence-corrected chi connectivity index (χ3v) is 6.79. The first-order valence-corrected chi connectivity index (χ1v) is 11.2. The topological polar surface area (TPSA) is 38.8 Å². The molecule has 0 radical (unpaired) electrons. The first-order chi connectivity index (χ1) is 15.4. The van der Waals surface area contributed by atoms with Gasteiger partial charge in [0.05, 0.1) is 31.2 Å². The van der Waals surface area contributed by atoms with E-state index in [0.717, 1.165) is 16.7 Å². The van der Waals surface area contributed by atoms with Gasteiger partial charge in [-0.05, 0) is 53.6 Å². The van der Waals surface area contributed by atoms with E-state index in [2.05, 4.69) is 4.90 Å². The van der Waals surface area contributed by atoms with Crippen molar-refractivity contribution in [1.29, 1.82) is 0 Å². The lowest BCUT2D eigenvalue weighted by atomic mass is 10.0. The summed E-state index contributed by atoms with van der Waals surface area (Å²) in [6, 6.07) is 14.2. The second-order valence-corrected chi connectivity index (χ2v) is 9.17. The molecule has 3 aromatic rings. The maximum Gasteiger partial charge on any atom is 0.231 e. The van der Waals surface area contributed by atoms with Gasteiger partial charge < -0.3 is 9.47 Å². The monoisotopic (exact) mass is 505 g/mol. The van der Waals surface area contributed by atoms with E-state index in [1.807, 2.05) is 18.2 Å². The third-order valence-electron chi connectivity index (χ3n) is 5.31. The van der Waals surface area contributed by atoms with Crippen molar-refractivity contribution in [3.05, 3.63) is 96.6 Å². The Bertz CT molecular complexity index is 1290. The first kappa shape index (κ1) is 21.6. The largest absolute Gasteiger partial charge is 0.478 e. The number of halogens is 4. The standard InChI is InChI=1S/C24H15Cl4NO3/c25-17-4-1-13(7-19(17)27)9-22-23(30)15-3-6-21-16(24(15)32-22)11-29(12-31-21)10-14-2-5-18(26)20(28)8-14/h1-9H,10-12H2/b22-9-. The second kappa shape index (κ2) is 8.62. The Morgan fingerprint density at radius 2 is 1.66 bits per heavy atom. The molecular formula is C24H15Cl4NO3. The molecule has 0 atom stereocenters. The van der Waals surface area contributed by atoms with Crippen molar-refractivity contribution in [2.75, 3.05) is 6.73 Å². The SMILES string of the molecule is O=C1/C(=C/c2ccc(Cl)c(Cl)c2)Oc2c1ccc1c2CN(Cc2ccc(Cl)c(Cl)c2)CO1. The molecule has 0 amide bonds. The Labute approximate surface area is 204 Å². The number of nitrogens with zero attached hydrogens (tertiary/aromatic N) is 1. The van der Waals surface area contributed by atoms with Gasteiger partial charge in [0.15, 0.2) is 5.76 Å². The summed E-state index contributed by atoms with van der Waals surface area (Å²) in [7, 11) is 0. The van der Waals surface area contributed by atoms with Crippen LogP contribution in [0.15, 0.2) is 54.3 Å². The highest BCUT2D eigenvalue weighted by Crippen LogP contribution is 2.42. The average molecular weight is 507 g/mol. The van der Waals surface area contributed by atoms with E-state index in [1.165, 1.54) is 0 Å². The third kappa shape index (κ3) is 4.09. The van der Waals surface area contributed by atoms with Crippen LogP contribution in [0.2, 0.25) is 20.1 Å². The fraction of sp³-hybridized carbons (Fsp3) is 0.125. The van der Waals surface area contributed by atoms with Gasteiger partial charge in [-0.25, -0.2) is 0 Å². The molecule has 5 rings (SSSR count). The minimum absolute atomic E-state index is 0.185. The number of fused-ring (bicyclic) bond motifs is 3. The normalized spacial score (nSPS) is 16.5. The Morgan fingerprint density at radius 3 is 2.41 bits per heavy atom. The molecule has 0 saturated carbocycles. The average Bonchev–Trinajstić information content (AvgIpc) is 3.09. The summed E-state index contributed by atoms with van der Waals surface area (Å²) < 4.78 is 11.9. The minimum Gasteiger partial charge on any atom is -0.478 e. The van der Waals surface area contributed by atoms with Crippen LogP contribution in [0.4, 0.5) is 0 Å². The summed E-state index contributed by atoms with van der Waals surface area (Å²) >= 11 is 24.2. The van der Waals surface area contributed by atoms with Crippen LogP contribution in [0, 0.1) is 0 Å². The number of hydrogen-bond acceptors (Lipinski definition) is 4. The molecule has 0 fully saturated rings. The van der Waals surface area contributed by atoms with Gasteiger partial charge in [-0.15, -0.1) is 0 Å². The Balaban J connectivity index is 1.41. The molecule has 2 aliphatic rings. The van der Waals surface area contributed by atoms with Crippen LogP contribution in [-0.4, -0.2) is 17.4 Å². The van der Waals surface area contributed by atoms with Crippen molar-refractivity contribution in [1.82, 2.24) is 4.90 Å². The number of ether oxygens (including phenoxy) is 2. The lowest BCUT2D eigenvalue weighted by Gasteiger charge is -2.29. The molecule has 0 N–H and O–H groups in total. The zero-order valence-electron chi connectivity index (χ0n) is 16.5. The van der Waals surface area contributed by atoms with Crippen molar-refractivity contribution in [3.8, 4) is 11.5 Å². The zero-order valence-corrected chi connectivity index (χ0v) is 19.5. The summed E-state index contributed by atoms with van der Waals surface area (Å²) in [5.41, 5.74) is 3.08. The van der Waals surface area contributed by atoms with Gasteiger partial charge in [0.2, 0.25) is 5.78 Å². The van der Waals surface area contributed by atoms with Crippen LogP contribution in [0.5, 0.6) is 11.5 Å². The van der Waals surface area contributed by atoms with Gasteiger partial charge in [-0.1, -0.05) is 58.5 Å². The Kier molecular flexibility index (Phi) is 5.82. The van der Waals surface area contributed by atoms with Crippen molar-refractivity contribution < 1.29 is 14.3 Å². The van der Waals surface area contributed by atoms with E-state index in [4.69, 9.17) is 55.9 Å². The molecule has 4 nitrogen and oxygen atoms in total. The molecule has 3 aromatic carbocycles. The van der Waals surface area contributed by atoms with Crippen LogP contribution in [0.3, 0.4) is 0 Å². The predicted molar refractivity (Wildman–Crippen MR) is 127 cm³/mol. The molecule has 0 unspecified atom stereocenters. The van der Waals surface area contributed by atoms with Crippen LogP contribution < -0.4 is 9.47 Å². The highest BCUT2D eigenvalue weighted by atomic mass is 35.5. The smallest absolute Gasteiger partial charge is 0.231 e. The summed E-state index contributed by atoms with van der Waals surface area (Å²) in [5.74, 6) is 1.28. The predicted octanol–water partition coefficient (Wildman–Crippen LogP) is 7.27.